The Balaban J connectivity index is 1.49. The highest BCUT2D eigenvalue weighted by Gasteiger charge is 2.24. The summed E-state index contributed by atoms with van der Waals surface area (Å²) >= 11 is 0. The second-order valence-corrected chi connectivity index (χ2v) is 8.14. The van der Waals surface area contributed by atoms with Crippen molar-refractivity contribution >= 4 is 0 Å². The Kier molecular flexibility index (Phi) is 6.68. The standard InChI is InChI=1S/C23H29F3/c1-2-3-16-4-6-17(7-5-16)8-9-18-10-12-19(13-11-18)20-14-21(24)23(26)22(25)15-20/h14-19H,2-7,10-13H2,1H3. The Morgan fingerprint density at radius 2 is 1.31 bits per heavy atom. The molecule has 0 saturated heterocycles. The van der Waals surface area contributed by atoms with Gasteiger partial charge in [-0.2, -0.15) is 0 Å². The van der Waals surface area contributed by atoms with Crippen molar-refractivity contribution in [3.63, 3.8) is 0 Å². The fourth-order valence-corrected chi connectivity index (χ4v) is 4.62. The predicted molar refractivity (Wildman–Crippen MR) is 99.1 cm³/mol. The molecule has 2 aliphatic rings. The molecule has 26 heavy (non-hydrogen) atoms. The zero-order valence-electron chi connectivity index (χ0n) is 15.7. The fraction of sp³-hybridized carbons (Fsp3) is 0.652. The van der Waals surface area contributed by atoms with Crippen LogP contribution in [0.4, 0.5) is 13.2 Å². The maximum atomic E-state index is 13.4. The number of hydrogen-bond donors (Lipinski definition) is 0. The third-order valence-corrected chi connectivity index (χ3v) is 6.24. The van der Waals surface area contributed by atoms with Crippen molar-refractivity contribution in [3.8, 4) is 11.8 Å². The zero-order chi connectivity index (χ0) is 18.5. The molecule has 0 aromatic heterocycles. The van der Waals surface area contributed by atoms with E-state index in [1.54, 1.807) is 0 Å². The van der Waals surface area contributed by atoms with E-state index in [-0.39, 0.29) is 5.92 Å². The van der Waals surface area contributed by atoms with E-state index in [2.05, 4.69) is 18.8 Å². The second kappa shape index (κ2) is 8.98. The van der Waals surface area contributed by atoms with Crippen molar-refractivity contribution in [3.05, 3.63) is 35.1 Å². The first-order valence-corrected chi connectivity index (χ1v) is 10.2. The van der Waals surface area contributed by atoms with Crippen LogP contribution < -0.4 is 0 Å². The van der Waals surface area contributed by atoms with Gasteiger partial charge in [0.2, 0.25) is 0 Å². The SMILES string of the molecule is CCCC1CCC(C#CC2CCC(c3cc(F)c(F)c(F)c3)CC2)CC1. The van der Waals surface area contributed by atoms with E-state index >= 15 is 0 Å². The van der Waals surface area contributed by atoms with Gasteiger partial charge in [0.1, 0.15) is 0 Å². The van der Waals surface area contributed by atoms with Crippen molar-refractivity contribution in [2.24, 2.45) is 17.8 Å². The fourth-order valence-electron chi connectivity index (χ4n) is 4.62. The van der Waals surface area contributed by atoms with Gasteiger partial charge in [0.05, 0.1) is 0 Å². The van der Waals surface area contributed by atoms with Crippen LogP contribution in [0.25, 0.3) is 0 Å². The van der Waals surface area contributed by atoms with Crippen molar-refractivity contribution < 1.29 is 13.2 Å². The largest absolute Gasteiger partial charge is 0.204 e. The first-order valence-electron chi connectivity index (χ1n) is 10.2. The quantitative estimate of drug-likeness (QED) is 0.401. The molecule has 2 aliphatic carbocycles. The van der Waals surface area contributed by atoms with Crippen LogP contribution in [0, 0.1) is 47.0 Å². The Morgan fingerprint density at radius 3 is 1.81 bits per heavy atom. The van der Waals surface area contributed by atoms with E-state index in [0.717, 1.165) is 43.7 Å². The summed E-state index contributed by atoms with van der Waals surface area (Å²) in [5.74, 6) is 5.43. The first kappa shape index (κ1) is 19.3. The van der Waals surface area contributed by atoms with E-state index in [9.17, 15) is 13.2 Å². The molecule has 0 bridgehead atoms. The maximum absolute atomic E-state index is 13.4. The summed E-state index contributed by atoms with van der Waals surface area (Å²) in [4.78, 5) is 0. The maximum Gasteiger partial charge on any atom is 0.194 e. The molecule has 0 unspecified atom stereocenters. The van der Waals surface area contributed by atoms with Crippen LogP contribution in [-0.2, 0) is 0 Å². The van der Waals surface area contributed by atoms with Gasteiger partial charge in [0, 0.05) is 11.8 Å². The molecule has 2 fully saturated rings. The summed E-state index contributed by atoms with van der Waals surface area (Å²) in [5, 5.41) is 0. The lowest BCUT2D eigenvalue weighted by atomic mass is 9.77. The summed E-state index contributed by atoms with van der Waals surface area (Å²) in [5.41, 5.74) is 0.585. The highest BCUT2D eigenvalue weighted by atomic mass is 19.2. The monoisotopic (exact) mass is 362 g/mol. The molecule has 0 amide bonds. The highest BCUT2D eigenvalue weighted by Crippen LogP contribution is 2.37. The van der Waals surface area contributed by atoms with Gasteiger partial charge in [0.15, 0.2) is 17.5 Å². The number of halogens is 3. The van der Waals surface area contributed by atoms with Gasteiger partial charge < -0.3 is 0 Å². The minimum absolute atomic E-state index is 0.113. The topological polar surface area (TPSA) is 0 Å². The van der Waals surface area contributed by atoms with Gasteiger partial charge in [0.25, 0.3) is 0 Å². The number of rotatable bonds is 3. The average Bonchev–Trinajstić information content (AvgIpc) is 2.66. The van der Waals surface area contributed by atoms with Crippen LogP contribution in [0.15, 0.2) is 12.1 Å². The van der Waals surface area contributed by atoms with Gasteiger partial charge in [-0.25, -0.2) is 13.2 Å². The van der Waals surface area contributed by atoms with E-state index in [1.165, 1.54) is 38.5 Å². The molecule has 142 valence electrons. The Hall–Kier alpha value is -1.43. The summed E-state index contributed by atoms with van der Waals surface area (Å²) < 4.78 is 40.0. The van der Waals surface area contributed by atoms with Crippen LogP contribution >= 0.6 is 0 Å². The molecule has 3 heteroatoms. The van der Waals surface area contributed by atoms with Crippen molar-refractivity contribution in [1.29, 1.82) is 0 Å². The molecule has 1 aromatic carbocycles. The molecular weight excluding hydrogens is 333 g/mol. The van der Waals surface area contributed by atoms with Crippen LogP contribution in [0.5, 0.6) is 0 Å². The third kappa shape index (κ3) is 4.84. The molecule has 0 aliphatic heterocycles. The van der Waals surface area contributed by atoms with Crippen molar-refractivity contribution in [2.75, 3.05) is 0 Å². The molecule has 1 aromatic rings. The molecule has 3 rings (SSSR count). The van der Waals surface area contributed by atoms with Crippen LogP contribution in [0.2, 0.25) is 0 Å². The summed E-state index contributed by atoms with van der Waals surface area (Å²) in [6, 6.07) is 2.31. The molecular formula is C23H29F3. The third-order valence-electron chi connectivity index (χ3n) is 6.24. The summed E-state index contributed by atoms with van der Waals surface area (Å²) in [7, 11) is 0. The highest BCUT2D eigenvalue weighted by molar-refractivity contribution is 5.24. The molecule has 0 radical (unpaired) electrons. The van der Waals surface area contributed by atoms with Gasteiger partial charge in [-0.05, 0) is 80.9 Å². The lowest BCUT2D eigenvalue weighted by molar-refractivity contribution is 0.299. The molecule has 0 nitrogen and oxygen atoms in total. The molecule has 0 atom stereocenters. The minimum Gasteiger partial charge on any atom is -0.204 e. The van der Waals surface area contributed by atoms with Crippen LogP contribution in [0.3, 0.4) is 0 Å². The average molecular weight is 362 g/mol. The van der Waals surface area contributed by atoms with E-state index < -0.39 is 17.5 Å². The van der Waals surface area contributed by atoms with Crippen LogP contribution in [-0.4, -0.2) is 0 Å². The van der Waals surface area contributed by atoms with Gasteiger partial charge in [-0.15, -0.1) is 0 Å². The Bertz CT molecular complexity index is 631. The Labute approximate surface area is 155 Å². The number of hydrogen-bond acceptors (Lipinski definition) is 0. The smallest absolute Gasteiger partial charge is 0.194 e. The van der Waals surface area contributed by atoms with E-state index in [0.29, 0.717) is 17.4 Å². The zero-order valence-corrected chi connectivity index (χ0v) is 15.7. The minimum atomic E-state index is -1.37. The predicted octanol–water partition coefficient (Wildman–Crippen LogP) is 6.99. The van der Waals surface area contributed by atoms with Crippen LogP contribution in [0.1, 0.15) is 82.6 Å². The molecule has 0 N–H and O–H groups in total. The lowest BCUT2D eigenvalue weighted by Crippen LogP contribution is -2.15. The molecule has 2 saturated carbocycles. The second-order valence-electron chi connectivity index (χ2n) is 8.14. The summed E-state index contributed by atoms with van der Waals surface area (Å²) in [6.07, 6.45) is 11.4. The Morgan fingerprint density at radius 1 is 0.808 bits per heavy atom. The van der Waals surface area contributed by atoms with Crippen molar-refractivity contribution in [1.82, 2.24) is 0 Å². The normalized spacial score (nSPS) is 29.1. The van der Waals surface area contributed by atoms with Gasteiger partial charge in [-0.3, -0.25) is 0 Å². The first-order chi connectivity index (χ1) is 12.6. The molecule has 0 spiro atoms. The van der Waals surface area contributed by atoms with Gasteiger partial charge in [-0.1, -0.05) is 31.6 Å². The van der Waals surface area contributed by atoms with E-state index in [1.807, 2.05) is 0 Å². The van der Waals surface area contributed by atoms with Crippen molar-refractivity contribution in [2.45, 2.75) is 77.0 Å². The lowest BCUT2D eigenvalue weighted by Gasteiger charge is -2.27. The van der Waals surface area contributed by atoms with E-state index in [4.69, 9.17) is 0 Å². The summed E-state index contributed by atoms with van der Waals surface area (Å²) in [6.45, 7) is 2.26. The molecule has 0 heterocycles. The van der Waals surface area contributed by atoms with Gasteiger partial charge >= 0.3 is 0 Å². The number of benzene rings is 1.